The molecule has 1 aromatic heterocycles. The number of nitrogens with zero attached hydrogens (tertiary/aromatic N) is 3. The van der Waals surface area contributed by atoms with Gasteiger partial charge in [0.1, 0.15) is 11.9 Å². The first kappa shape index (κ1) is 22.5. The number of carbonyl (C=O) groups is 1. The van der Waals surface area contributed by atoms with E-state index in [1.54, 1.807) is 29.8 Å². The van der Waals surface area contributed by atoms with E-state index in [1.807, 2.05) is 24.3 Å². The van der Waals surface area contributed by atoms with Crippen LogP contribution in [-0.2, 0) is 16.8 Å². The zero-order valence-electron chi connectivity index (χ0n) is 17.9. The van der Waals surface area contributed by atoms with Gasteiger partial charge in [0.25, 0.3) is 0 Å². The van der Waals surface area contributed by atoms with Crippen LogP contribution in [-0.4, -0.2) is 15.7 Å². The number of rotatable bonds is 5. The summed E-state index contributed by atoms with van der Waals surface area (Å²) < 4.78 is 15.7. The van der Waals surface area contributed by atoms with Crippen LogP contribution in [0, 0.1) is 17.1 Å². The van der Waals surface area contributed by atoms with Gasteiger partial charge in [-0.25, -0.2) is 9.07 Å². The van der Waals surface area contributed by atoms with Crippen molar-refractivity contribution in [2.45, 2.75) is 45.6 Å². The topological polar surface area (TPSA) is 70.7 Å². The highest BCUT2D eigenvalue weighted by atomic mass is 35.5. The number of halogens is 2. The molecule has 1 unspecified atom stereocenters. The second kappa shape index (κ2) is 8.91. The van der Waals surface area contributed by atoms with Crippen molar-refractivity contribution in [3.05, 3.63) is 81.9 Å². The minimum Gasteiger partial charge on any atom is -0.350 e. The standard InChI is InChI=1S/C24H24ClFN4O/c1-15(16-8-9-17(13-27)21(26)10-16)23(31)28-14-20-12-22(24(2,3)4)29-30(20)19-7-5-6-18(25)11-19/h5-12,15H,14H2,1-4H3,(H,28,31). The van der Waals surface area contributed by atoms with Crippen LogP contribution in [0.5, 0.6) is 0 Å². The third-order valence-corrected chi connectivity index (χ3v) is 5.29. The summed E-state index contributed by atoms with van der Waals surface area (Å²) in [7, 11) is 0. The van der Waals surface area contributed by atoms with Crippen molar-refractivity contribution >= 4 is 17.5 Å². The summed E-state index contributed by atoms with van der Waals surface area (Å²) in [6, 6.07) is 15.3. The smallest absolute Gasteiger partial charge is 0.227 e. The van der Waals surface area contributed by atoms with Crippen molar-refractivity contribution in [2.24, 2.45) is 0 Å². The lowest BCUT2D eigenvalue weighted by Crippen LogP contribution is -2.28. The lowest BCUT2D eigenvalue weighted by molar-refractivity contribution is -0.122. The third kappa shape index (κ3) is 5.12. The van der Waals surface area contributed by atoms with Gasteiger partial charge >= 0.3 is 0 Å². The zero-order chi connectivity index (χ0) is 22.8. The molecule has 1 N–H and O–H groups in total. The van der Waals surface area contributed by atoms with Crippen LogP contribution in [0.25, 0.3) is 5.69 Å². The molecule has 0 aliphatic carbocycles. The van der Waals surface area contributed by atoms with Crippen LogP contribution in [0.4, 0.5) is 4.39 Å². The molecule has 3 rings (SSSR count). The van der Waals surface area contributed by atoms with Crippen molar-refractivity contribution in [1.29, 1.82) is 5.26 Å². The Labute approximate surface area is 186 Å². The Morgan fingerprint density at radius 1 is 1.26 bits per heavy atom. The monoisotopic (exact) mass is 438 g/mol. The lowest BCUT2D eigenvalue weighted by Gasteiger charge is -2.14. The van der Waals surface area contributed by atoms with Gasteiger partial charge in [0.15, 0.2) is 0 Å². The Hall–Kier alpha value is -3.17. The van der Waals surface area contributed by atoms with Gasteiger partial charge in [0.2, 0.25) is 5.91 Å². The third-order valence-electron chi connectivity index (χ3n) is 5.05. The van der Waals surface area contributed by atoms with Crippen LogP contribution >= 0.6 is 11.6 Å². The molecule has 2 aromatic carbocycles. The van der Waals surface area contributed by atoms with E-state index in [4.69, 9.17) is 22.0 Å². The lowest BCUT2D eigenvalue weighted by atomic mass is 9.92. The molecule has 0 aliphatic rings. The molecule has 1 heterocycles. The molecule has 0 fully saturated rings. The Kier molecular flexibility index (Phi) is 6.47. The van der Waals surface area contributed by atoms with E-state index in [1.165, 1.54) is 12.1 Å². The summed E-state index contributed by atoms with van der Waals surface area (Å²) in [4.78, 5) is 12.7. The molecular weight excluding hydrogens is 415 g/mol. The zero-order valence-corrected chi connectivity index (χ0v) is 18.7. The van der Waals surface area contributed by atoms with Crippen LogP contribution in [0.2, 0.25) is 5.02 Å². The minimum absolute atomic E-state index is 0.0449. The molecule has 5 nitrogen and oxygen atoms in total. The first-order chi connectivity index (χ1) is 14.6. The molecule has 0 radical (unpaired) electrons. The Morgan fingerprint density at radius 3 is 2.61 bits per heavy atom. The molecule has 1 atom stereocenters. The van der Waals surface area contributed by atoms with Gasteiger partial charge in [-0.15, -0.1) is 0 Å². The van der Waals surface area contributed by atoms with Gasteiger partial charge in [-0.3, -0.25) is 4.79 Å². The van der Waals surface area contributed by atoms with Crippen molar-refractivity contribution in [3.8, 4) is 11.8 Å². The fourth-order valence-electron chi connectivity index (χ4n) is 3.12. The first-order valence-electron chi connectivity index (χ1n) is 9.93. The Morgan fingerprint density at radius 2 is 2.00 bits per heavy atom. The predicted molar refractivity (Wildman–Crippen MR) is 119 cm³/mol. The second-order valence-electron chi connectivity index (χ2n) is 8.45. The average Bonchev–Trinajstić information content (AvgIpc) is 3.16. The van der Waals surface area contributed by atoms with E-state index < -0.39 is 11.7 Å². The van der Waals surface area contributed by atoms with Crippen molar-refractivity contribution in [1.82, 2.24) is 15.1 Å². The van der Waals surface area contributed by atoms with Crippen LogP contribution in [0.3, 0.4) is 0 Å². The number of aromatic nitrogens is 2. The molecule has 0 bridgehead atoms. The van der Waals surface area contributed by atoms with Crippen molar-refractivity contribution in [2.75, 3.05) is 0 Å². The predicted octanol–water partition coefficient (Wildman–Crippen LogP) is 5.25. The number of amides is 1. The average molecular weight is 439 g/mol. The van der Waals surface area contributed by atoms with E-state index in [9.17, 15) is 9.18 Å². The highest BCUT2D eigenvalue weighted by Crippen LogP contribution is 2.25. The summed E-state index contributed by atoms with van der Waals surface area (Å²) in [5, 5.41) is 17.1. The maximum Gasteiger partial charge on any atom is 0.227 e. The van der Waals surface area contributed by atoms with Crippen LogP contribution in [0.1, 0.15) is 56.1 Å². The SMILES string of the molecule is CC(C(=O)NCc1cc(C(C)(C)C)nn1-c1cccc(Cl)c1)c1ccc(C#N)c(F)c1. The van der Waals surface area contributed by atoms with Gasteiger partial charge in [0.05, 0.1) is 35.1 Å². The maximum atomic E-state index is 13.9. The number of nitriles is 1. The number of benzene rings is 2. The Bertz CT molecular complexity index is 1160. The van der Waals surface area contributed by atoms with Crippen molar-refractivity contribution in [3.63, 3.8) is 0 Å². The molecule has 160 valence electrons. The van der Waals surface area contributed by atoms with E-state index in [2.05, 4.69) is 26.1 Å². The van der Waals surface area contributed by atoms with Gasteiger partial charge in [-0.2, -0.15) is 10.4 Å². The van der Waals surface area contributed by atoms with Gasteiger partial charge < -0.3 is 5.32 Å². The van der Waals surface area contributed by atoms with Gasteiger partial charge in [0, 0.05) is 10.4 Å². The van der Waals surface area contributed by atoms with Crippen LogP contribution in [0.15, 0.2) is 48.5 Å². The Balaban J connectivity index is 1.83. The molecule has 0 saturated heterocycles. The van der Waals surface area contributed by atoms with E-state index in [0.29, 0.717) is 10.6 Å². The first-order valence-corrected chi connectivity index (χ1v) is 10.3. The molecule has 0 spiro atoms. The maximum absolute atomic E-state index is 13.9. The number of carbonyl (C=O) groups excluding carboxylic acids is 1. The molecule has 31 heavy (non-hydrogen) atoms. The normalized spacial score (nSPS) is 12.3. The largest absolute Gasteiger partial charge is 0.350 e. The number of nitrogens with one attached hydrogen (secondary N) is 1. The number of hydrogen-bond donors (Lipinski definition) is 1. The van der Waals surface area contributed by atoms with Crippen LogP contribution < -0.4 is 5.32 Å². The summed E-state index contributed by atoms with van der Waals surface area (Å²) in [5.41, 5.74) is 2.78. The molecule has 7 heteroatoms. The molecule has 1 amide bonds. The molecule has 0 aliphatic heterocycles. The summed E-state index contributed by atoms with van der Waals surface area (Å²) in [6.07, 6.45) is 0. The summed E-state index contributed by atoms with van der Waals surface area (Å²) in [5.74, 6) is -1.46. The second-order valence-corrected chi connectivity index (χ2v) is 8.89. The van der Waals surface area contributed by atoms with E-state index >= 15 is 0 Å². The molecule has 3 aromatic rings. The van der Waals surface area contributed by atoms with Gasteiger partial charge in [-0.1, -0.05) is 44.5 Å². The quantitative estimate of drug-likeness (QED) is 0.591. The number of hydrogen-bond acceptors (Lipinski definition) is 3. The fraction of sp³-hybridized carbons (Fsp3) is 0.292. The highest BCUT2D eigenvalue weighted by molar-refractivity contribution is 6.30. The van der Waals surface area contributed by atoms with E-state index in [-0.39, 0.29) is 23.4 Å². The molecular formula is C24H24ClFN4O. The minimum atomic E-state index is -0.631. The molecule has 0 saturated carbocycles. The van der Waals surface area contributed by atoms with E-state index in [0.717, 1.165) is 17.1 Å². The summed E-state index contributed by atoms with van der Waals surface area (Å²) >= 11 is 6.15. The summed E-state index contributed by atoms with van der Waals surface area (Å²) in [6.45, 7) is 8.16. The van der Waals surface area contributed by atoms with Crippen molar-refractivity contribution < 1.29 is 9.18 Å². The fourth-order valence-corrected chi connectivity index (χ4v) is 3.30. The van der Waals surface area contributed by atoms with Gasteiger partial charge in [-0.05, 0) is 48.9 Å². The highest BCUT2D eigenvalue weighted by Gasteiger charge is 2.22.